The number of aromatic hydroxyl groups is 1. The van der Waals surface area contributed by atoms with Crippen LogP contribution >= 0.6 is 0 Å². The first kappa shape index (κ1) is 12.2. The summed E-state index contributed by atoms with van der Waals surface area (Å²) in [5.74, 6) is 0.567. The van der Waals surface area contributed by atoms with E-state index in [0.717, 1.165) is 31.6 Å². The Hall–Kier alpha value is -1.88. The lowest BCUT2D eigenvalue weighted by Crippen LogP contribution is -2.31. The van der Waals surface area contributed by atoms with Gasteiger partial charge in [-0.1, -0.05) is 0 Å². The Kier molecular flexibility index (Phi) is 3.21. The van der Waals surface area contributed by atoms with Gasteiger partial charge in [-0.2, -0.15) is 0 Å². The van der Waals surface area contributed by atoms with Crippen molar-refractivity contribution < 1.29 is 5.11 Å². The number of nitrogens with zero attached hydrogens (tertiary/aromatic N) is 2. The summed E-state index contributed by atoms with van der Waals surface area (Å²) in [4.78, 5) is 16.4. The third kappa shape index (κ3) is 2.46. The van der Waals surface area contributed by atoms with Crippen LogP contribution in [0.1, 0.15) is 18.5 Å². The molecule has 2 aromatic rings. The average molecular weight is 259 g/mol. The molecule has 0 aliphatic carbocycles. The molecule has 1 fully saturated rings. The Morgan fingerprint density at radius 1 is 1.53 bits per heavy atom. The first-order valence-corrected chi connectivity index (χ1v) is 6.65. The minimum absolute atomic E-state index is 0.0446. The molecule has 0 amide bonds. The largest absolute Gasteiger partial charge is 0.504 e. The summed E-state index contributed by atoms with van der Waals surface area (Å²) in [6.07, 6.45) is 4.74. The summed E-state index contributed by atoms with van der Waals surface area (Å²) in [5, 5.41) is 13.1. The van der Waals surface area contributed by atoms with Crippen molar-refractivity contribution in [2.45, 2.75) is 19.3 Å². The molecule has 3 heterocycles. The van der Waals surface area contributed by atoms with E-state index in [1.807, 2.05) is 0 Å². The second-order valence-corrected chi connectivity index (χ2v) is 5.09. The zero-order chi connectivity index (χ0) is 13.2. The smallest absolute Gasteiger partial charge is 0.258 e. The predicted octanol–water partition coefficient (Wildman–Crippen LogP) is 0.942. The molecule has 1 unspecified atom stereocenters. The topological polar surface area (TPSA) is 66.6 Å². The molecule has 2 aromatic heterocycles. The van der Waals surface area contributed by atoms with Gasteiger partial charge in [-0.25, -0.2) is 4.98 Å². The van der Waals surface area contributed by atoms with Crippen LogP contribution in [0.4, 0.5) is 0 Å². The van der Waals surface area contributed by atoms with Gasteiger partial charge in [0.1, 0.15) is 0 Å². The molecule has 0 radical (unpaired) electrons. The van der Waals surface area contributed by atoms with E-state index in [1.54, 1.807) is 24.4 Å². The van der Waals surface area contributed by atoms with Gasteiger partial charge in [0.2, 0.25) is 0 Å². The van der Waals surface area contributed by atoms with E-state index in [2.05, 4.69) is 10.3 Å². The van der Waals surface area contributed by atoms with Crippen LogP contribution in [0.3, 0.4) is 0 Å². The van der Waals surface area contributed by atoms with Crippen LogP contribution in [-0.2, 0) is 6.42 Å². The highest BCUT2D eigenvalue weighted by Gasteiger charge is 2.15. The maximum absolute atomic E-state index is 12.0. The number of nitrogens with one attached hydrogen (secondary N) is 1. The molecule has 0 bridgehead atoms. The first-order chi connectivity index (χ1) is 9.24. The molecular formula is C14H17N3O2. The van der Waals surface area contributed by atoms with E-state index in [9.17, 15) is 9.90 Å². The molecule has 0 spiro atoms. The second kappa shape index (κ2) is 5.01. The Labute approximate surface area is 110 Å². The van der Waals surface area contributed by atoms with Gasteiger partial charge in [0.25, 0.3) is 5.56 Å². The molecule has 3 rings (SSSR count). The van der Waals surface area contributed by atoms with Crippen LogP contribution in [0.15, 0.2) is 29.2 Å². The quantitative estimate of drug-likeness (QED) is 0.842. The number of pyridine rings is 1. The van der Waals surface area contributed by atoms with Crippen molar-refractivity contribution in [3.8, 4) is 5.75 Å². The fourth-order valence-corrected chi connectivity index (χ4v) is 2.66. The van der Waals surface area contributed by atoms with Crippen molar-refractivity contribution in [3.63, 3.8) is 0 Å². The summed E-state index contributed by atoms with van der Waals surface area (Å²) >= 11 is 0. The minimum atomic E-state index is -0.139. The van der Waals surface area contributed by atoms with Crippen molar-refractivity contribution in [1.82, 2.24) is 14.7 Å². The Morgan fingerprint density at radius 2 is 2.42 bits per heavy atom. The predicted molar refractivity (Wildman–Crippen MR) is 72.4 cm³/mol. The minimum Gasteiger partial charge on any atom is -0.504 e. The van der Waals surface area contributed by atoms with Crippen molar-refractivity contribution in [1.29, 1.82) is 0 Å². The highest BCUT2D eigenvalue weighted by molar-refractivity contribution is 5.52. The number of aromatic nitrogens is 2. The van der Waals surface area contributed by atoms with Crippen LogP contribution < -0.4 is 10.9 Å². The fourth-order valence-electron chi connectivity index (χ4n) is 2.66. The summed E-state index contributed by atoms with van der Waals surface area (Å²) in [5.41, 5.74) is 0.966. The molecule has 5 nitrogen and oxygen atoms in total. The van der Waals surface area contributed by atoms with Gasteiger partial charge in [-0.05, 0) is 50.4 Å². The van der Waals surface area contributed by atoms with Gasteiger partial charge in [0.05, 0.1) is 0 Å². The molecule has 0 aromatic carbocycles. The van der Waals surface area contributed by atoms with E-state index in [-0.39, 0.29) is 11.3 Å². The third-order valence-corrected chi connectivity index (χ3v) is 3.62. The maximum Gasteiger partial charge on any atom is 0.258 e. The SMILES string of the molecule is O=c1cc(CC2CCCNC2)nc2c(O)cccn12. The van der Waals surface area contributed by atoms with E-state index < -0.39 is 0 Å². The van der Waals surface area contributed by atoms with Gasteiger partial charge in [0, 0.05) is 18.0 Å². The number of hydrogen-bond donors (Lipinski definition) is 2. The van der Waals surface area contributed by atoms with Gasteiger partial charge >= 0.3 is 0 Å². The summed E-state index contributed by atoms with van der Waals surface area (Å²) in [6, 6.07) is 4.75. The molecule has 1 saturated heterocycles. The molecule has 2 N–H and O–H groups in total. The molecule has 5 heteroatoms. The zero-order valence-electron chi connectivity index (χ0n) is 10.7. The van der Waals surface area contributed by atoms with Crippen LogP contribution in [0.2, 0.25) is 0 Å². The number of hydrogen-bond acceptors (Lipinski definition) is 4. The maximum atomic E-state index is 12.0. The van der Waals surface area contributed by atoms with E-state index in [4.69, 9.17) is 0 Å². The molecule has 100 valence electrons. The second-order valence-electron chi connectivity index (χ2n) is 5.09. The van der Waals surface area contributed by atoms with Crippen LogP contribution in [-0.4, -0.2) is 27.6 Å². The molecule has 1 atom stereocenters. The van der Waals surface area contributed by atoms with Crippen molar-refractivity contribution in [3.05, 3.63) is 40.4 Å². The normalized spacial score (nSPS) is 19.7. The molecule has 1 aliphatic rings. The van der Waals surface area contributed by atoms with E-state index in [1.165, 1.54) is 10.8 Å². The van der Waals surface area contributed by atoms with Crippen LogP contribution in [0, 0.1) is 5.92 Å². The van der Waals surface area contributed by atoms with Gasteiger partial charge in [0.15, 0.2) is 11.4 Å². The van der Waals surface area contributed by atoms with Crippen molar-refractivity contribution in [2.75, 3.05) is 13.1 Å². The molecule has 0 saturated carbocycles. The molecule has 1 aliphatic heterocycles. The lowest BCUT2D eigenvalue weighted by atomic mass is 9.94. The van der Waals surface area contributed by atoms with E-state index >= 15 is 0 Å². The van der Waals surface area contributed by atoms with Crippen LogP contribution in [0.5, 0.6) is 5.75 Å². The number of rotatable bonds is 2. The number of piperidine rings is 1. The van der Waals surface area contributed by atoms with Gasteiger partial charge < -0.3 is 10.4 Å². The van der Waals surface area contributed by atoms with Crippen molar-refractivity contribution in [2.24, 2.45) is 5.92 Å². The van der Waals surface area contributed by atoms with E-state index in [0.29, 0.717) is 11.6 Å². The summed E-state index contributed by atoms with van der Waals surface area (Å²) in [7, 11) is 0. The Morgan fingerprint density at radius 3 is 3.21 bits per heavy atom. The summed E-state index contributed by atoms with van der Waals surface area (Å²) in [6.45, 7) is 2.05. The monoisotopic (exact) mass is 259 g/mol. The number of fused-ring (bicyclic) bond motifs is 1. The standard InChI is InChI=1S/C14H17N3O2/c18-12-4-2-6-17-13(19)8-11(16-14(12)17)7-10-3-1-5-15-9-10/h2,4,6,8,10,15,18H,1,3,5,7,9H2. The molecule has 19 heavy (non-hydrogen) atoms. The highest BCUT2D eigenvalue weighted by Crippen LogP contribution is 2.17. The lowest BCUT2D eigenvalue weighted by molar-refractivity contribution is 0.373. The highest BCUT2D eigenvalue weighted by atomic mass is 16.3. The third-order valence-electron chi connectivity index (χ3n) is 3.62. The fraction of sp³-hybridized carbons (Fsp3) is 0.429. The van der Waals surface area contributed by atoms with Gasteiger partial charge in [-0.15, -0.1) is 0 Å². The lowest BCUT2D eigenvalue weighted by Gasteiger charge is -2.22. The average Bonchev–Trinajstić information content (AvgIpc) is 2.41. The zero-order valence-corrected chi connectivity index (χ0v) is 10.7. The van der Waals surface area contributed by atoms with Crippen molar-refractivity contribution >= 4 is 5.65 Å². The van der Waals surface area contributed by atoms with Crippen LogP contribution in [0.25, 0.3) is 5.65 Å². The Balaban J connectivity index is 1.96. The Bertz CT molecular complexity index is 645. The van der Waals surface area contributed by atoms with Gasteiger partial charge in [-0.3, -0.25) is 9.20 Å². The molecular weight excluding hydrogens is 242 g/mol. The summed E-state index contributed by atoms with van der Waals surface area (Å²) < 4.78 is 1.37. The first-order valence-electron chi connectivity index (χ1n) is 6.65.